The van der Waals surface area contributed by atoms with Crippen molar-refractivity contribution in [3.63, 3.8) is 0 Å². The van der Waals surface area contributed by atoms with Crippen LogP contribution in [0.5, 0.6) is 5.75 Å². The van der Waals surface area contributed by atoms with E-state index in [-0.39, 0.29) is 5.91 Å². The molecule has 4 nitrogen and oxygen atoms in total. The van der Waals surface area contributed by atoms with Gasteiger partial charge in [-0.3, -0.25) is 4.79 Å². The Hall–Kier alpha value is -2.04. The first kappa shape index (κ1) is 17.3. The molecule has 5 heteroatoms. The molecule has 0 atom stereocenters. The number of rotatable bonds is 8. The summed E-state index contributed by atoms with van der Waals surface area (Å²) in [6, 6.07) is 14.9. The highest BCUT2D eigenvalue weighted by atomic mass is 35.5. The molecule has 0 aliphatic heterocycles. The predicted molar refractivity (Wildman–Crippen MR) is 91.1 cm³/mol. The minimum Gasteiger partial charge on any atom is -0.492 e. The normalized spacial score (nSPS) is 10.3. The molecule has 2 aromatic rings. The summed E-state index contributed by atoms with van der Waals surface area (Å²) < 4.78 is 10.9. The topological polar surface area (TPSA) is 47.6 Å². The summed E-state index contributed by atoms with van der Waals surface area (Å²) in [6.45, 7) is 3.84. The van der Waals surface area contributed by atoms with E-state index in [0.29, 0.717) is 42.7 Å². The number of nitrogens with one attached hydrogen (secondary N) is 1. The van der Waals surface area contributed by atoms with Gasteiger partial charge in [-0.25, -0.2) is 0 Å². The van der Waals surface area contributed by atoms with Crippen LogP contribution in [0, 0.1) is 0 Å². The Morgan fingerprint density at radius 2 is 1.96 bits per heavy atom. The van der Waals surface area contributed by atoms with Crippen molar-refractivity contribution >= 4 is 17.5 Å². The molecule has 0 unspecified atom stereocenters. The largest absolute Gasteiger partial charge is 0.492 e. The lowest BCUT2D eigenvalue weighted by molar-refractivity contribution is 0.0901. The molecule has 2 rings (SSSR count). The van der Waals surface area contributed by atoms with Gasteiger partial charge in [0, 0.05) is 12.1 Å². The van der Waals surface area contributed by atoms with E-state index in [1.165, 1.54) is 0 Å². The number of ether oxygens (including phenoxy) is 2. The van der Waals surface area contributed by atoms with E-state index in [2.05, 4.69) is 5.32 Å². The molecule has 0 saturated heterocycles. The van der Waals surface area contributed by atoms with Gasteiger partial charge in [0.15, 0.2) is 0 Å². The van der Waals surface area contributed by atoms with E-state index in [4.69, 9.17) is 21.1 Å². The molecule has 0 radical (unpaired) electrons. The van der Waals surface area contributed by atoms with Crippen LogP contribution in [0.3, 0.4) is 0 Å². The average Bonchev–Trinajstić information content (AvgIpc) is 2.57. The third-order valence-corrected chi connectivity index (χ3v) is 3.43. The van der Waals surface area contributed by atoms with Crippen LogP contribution in [-0.4, -0.2) is 25.7 Å². The zero-order chi connectivity index (χ0) is 16.5. The molecule has 1 amide bonds. The van der Waals surface area contributed by atoms with Crippen molar-refractivity contribution in [3.05, 3.63) is 64.7 Å². The van der Waals surface area contributed by atoms with Crippen LogP contribution >= 0.6 is 11.6 Å². The predicted octanol–water partition coefficient (Wildman–Crippen LogP) is 3.69. The SMILES string of the molecule is CCOc1ccc(C(=O)NCCOCc2ccccc2)cc1Cl. The van der Waals surface area contributed by atoms with Gasteiger partial charge in [-0.1, -0.05) is 41.9 Å². The number of hydrogen-bond acceptors (Lipinski definition) is 3. The fraction of sp³-hybridized carbons (Fsp3) is 0.278. The second-order valence-electron chi connectivity index (χ2n) is 4.87. The first-order valence-electron chi connectivity index (χ1n) is 7.53. The standard InChI is InChI=1S/C18H20ClNO3/c1-2-23-17-9-8-15(12-16(17)19)18(21)20-10-11-22-13-14-6-4-3-5-7-14/h3-9,12H,2,10-11,13H2,1H3,(H,20,21). The van der Waals surface area contributed by atoms with Crippen LogP contribution in [0.15, 0.2) is 48.5 Å². The van der Waals surface area contributed by atoms with Crippen molar-refractivity contribution in [2.24, 2.45) is 0 Å². The number of hydrogen-bond donors (Lipinski definition) is 1. The Labute approximate surface area is 141 Å². The first-order chi connectivity index (χ1) is 11.2. The summed E-state index contributed by atoms with van der Waals surface area (Å²) in [6.07, 6.45) is 0. The van der Waals surface area contributed by atoms with Gasteiger partial charge >= 0.3 is 0 Å². The molecular weight excluding hydrogens is 314 g/mol. The summed E-state index contributed by atoms with van der Waals surface area (Å²) >= 11 is 6.07. The minimum atomic E-state index is -0.182. The molecule has 1 N–H and O–H groups in total. The Bertz CT molecular complexity index is 631. The smallest absolute Gasteiger partial charge is 0.251 e. The summed E-state index contributed by atoms with van der Waals surface area (Å²) in [5, 5.41) is 3.23. The van der Waals surface area contributed by atoms with Crippen molar-refractivity contribution in [3.8, 4) is 5.75 Å². The lowest BCUT2D eigenvalue weighted by Gasteiger charge is -2.09. The molecule has 0 bridgehead atoms. The summed E-state index contributed by atoms with van der Waals surface area (Å²) in [5.41, 5.74) is 1.61. The third-order valence-electron chi connectivity index (χ3n) is 3.14. The quantitative estimate of drug-likeness (QED) is 0.749. The van der Waals surface area contributed by atoms with Crippen LogP contribution in [0.25, 0.3) is 0 Å². The zero-order valence-electron chi connectivity index (χ0n) is 13.0. The number of carbonyl (C=O) groups is 1. The van der Waals surface area contributed by atoms with E-state index in [9.17, 15) is 4.79 Å². The number of halogens is 1. The first-order valence-corrected chi connectivity index (χ1v) is 7.90. The lowest BCUT2D eigenvalue weighted by atomic mass is 10.2. The molecule has 0 heterocycles. The molecule has 0 aliphatic rings. The van der Waals surface area contributed by atoms with Gasteiger partial charge in [0.25, 0.3) is 5.91 Å². The Morgan fingerprint density at radius 3 is 2.65 bits per heavy atom. The van der Waals surface area contributed by atoms with Crippen LogP contribution in [-0.2, 0) is 11.3 Å². The zero-order valence-corrected chi connectivity index (χ0v) is 13.8. The maximum atomic E-state index is 12.0. The monoisotopic (exact) mass is 333 g/mol. The van der Waals surface area contributed by atoms with Crippen molar-refractivity contribution in [2.75, 3.05) is 19.8 Å². The average molecular weight is 334 g/mol. The van der Waals surface area contributed by atoms with Crippen molar-refractivity contribution < 1.29 is 14.3 Å². The second kappa shape index (κ2) is 9.18. The van der Waals surface area contributed by atoms with Crippen molar-refractivity contribution in [1.82, 2.24) is 5.32 Å². The van der Waals surface area contributed by atoms with Gasteiger partial charge in [-0.05, 0) is 30.7 Å². The Morgan fingerprint density at radius 1 is 1.17 bits per heavy atom. The Balaban J connectivity index is 1.73. The molecular formula is C18H20ClNO3. The summed E-state index contributed by atoms with van der Waals surface area (Å²) in [5.74, 6) is 0.398. The molecule has 0 aliphatic carbocycles. The highest BCUT2D eigenvalue weighted by molar-refractivity contribution is 6.32. The summed E-state index contributed by atoms with van der Waals surface area (Å²) in [4.78, 5) is 12.0. The van der Waals surface area contributed by atoms with Crippen LogP contribution in [0.4, 0.5) is 0 Å². The van der Waals surface area contributed by atoms with E-state index >= 15 is 0 Å². The minimum absolute atomic E-state index is 0.182. The van der Waals surface area contributed by atoms with Gasteiger partial charge < -0.3 is 14.8 Å². The fourth-order valence-corrected chi connectivity index (χ4v) is 2.25. The molecule has 0 saturated carbocycles. The van der Waals surface area contributed by atoms with Gasteiger partial charge in [0.05, 0.1) is 24.8 Å². The van der Waals surface area contributed by atoms with Crippen molar-refractivity contribution in [1.29, 1.82) is 0 Å². The van der Waals surface area contributed by atoms with Gasteiger partial charge in [-0.15, -0.1) is 0 Å². The van der Waals surface area contributed by atoms with Crippen molar-refractivity contribution in [2.45, 2.75) is 13.5 Å². The number of amides is 1. The molecule has 0 aromatic heterocycles. The maximum absolute atomic E-state index is 12.0. The fourth-order valence-electron chi connectivity index (χ4n) is 2.02. The van der Waals surface area contributed by atoms with Gasteiger partial charge in [0.1, 0.15) is 5.75 Å². The molecule has 0 fully saturated rings. The third kappa shape index (κ3) is 5.58. The molecule has 122 valence electrons. The van der Waals surface area contributed by atoms with E-state index in [1.807, 2.05) is 37.3 Å². The number of benzene rings is 2. The molecule has 23 heavy (non-hydrogen) atoms. The summed E-state index contributed by atoms with van der Waals surface area (Å²) in [7, 11) is 0. The van der Waals surface area contributed by atoms with Crippen LogP contribution in [0.1, 0.15) is 22.8 Å². The highest BCUT2D eigenvalue weighted by Crippen LogP contribution is 2.25. The Kier molecular flexibility index (Phi) is 6.91. The van der Waals surface area contributed by atoms with Gasteiger partial charge in [-0.2, -0.15) is 0 Å². The molecule has 0 spiro atoms. The lowest BCUT2D eigenvalue weighted by Crippen LogP contribution is -2.27. The van der Waals surface area contributed by atoms with Gasteiger partial charge in [0.2, 0.25) is 0 Å². The number of carbonyl (C=O) groups excluding carboxylic acids is 1. The van der Waals surface area contributed by atoms with Crippen LogP contribution in [0.2, 0.25) is 5.02 Å². The molecule has 2 aromatic carbocycles. The van der Waals surface area contributed by atoms with E-state index in [1.54, 1.807) is 18.2 Å². The van der Waals surface area contributed by atoms with Crippen LogP contribution < -0.4 is 10.1 Å². The second-order valence-corrected chi connectivity index (χ2v) is 5.28. The van der Waals surface area contributed by atoms with E-state index in [0.717, 1.165) is 5.56 Å². The maximum Gasteiger partial charge on any atom is 0.251 e. The highest BCUT2D eigenvalue weighted by Gasteiger charge is 2.08. The van der Waals surface area contributed by atoms with E-state index < -0.39 is 0 Å².